The second kappa shape index (κ2) is 25.1. The molecule has 72 heavy (non-hydrogen) atoms. The van der Waals surface area contributed by atoms with Gasteiger partial charge < -0.3 is 49.5 Å². The van der Waals surface area contributed by atoms with E-state index in [0.29, 0.717) is 121 Å². The van der Waals surface area contributed by atoms with Crippen molar-refractivity contribution in [1.82, 2.24) is 40.0 Å². The van der Waals surface area contributed by atoms with E-state index in [0.717, 1.165) is 48.5 Å². The predicted molar refractivity (Wildman–Crippen MR) is 281 cm³/mol. The number of unbranched alkanes of at least 4 members (excludes halogenated alkanes) is 5. The number of ether oxygens (including phenoxy) is 2. The number of nitrogens with zero attached hydrogens (tertiary/aromatic N) is 7. The fourth-order valence-electron chi connectivity index (χ4n) is 8.65. The summed E-state index contributed by atoms with van der Waals surface area (Å²) in [4.78, 5) is 85.8. The summed E-state index contributed by atoms with van der Waals surface area (Å²) in [5.41, 5.74) is 0.624. The lowest BCUT2D eigenvalue weighted by Gasteiger charge is -2.31. The molecule has 19 nitrogen and oxygen atoms in total. The molecule has 4 N–H and O–H groups in total. The number of fused-ring (bicyclic) bond motifs is 1. The number of oxazole rings is 1. The molecule has 1 aromatic carbocycles. The molecule has 0 saturated carbocycles. The number of pyridine rings is 1. The summed E-state index contributed by atoms with van der Waals surface area (Å²) in [6.07, 6.45) is 14.0. The van der Waals surface area contributed by atoms with Crippen molar-refractivity contribution in [2.45, 2.75) is 107 Å². The summed E-state index contributed by atoms with van der Waals surface area (Å²) in [5.74, 6) is 2.98. The number of thiazole rings is 1. The third-order valence-electron chi connectivity index (χ3n) is 12.9. The molecule has 0 unspecified atom stereocenters. The molecule has 2 saturated heterocycles. The van der Waals surface area contributed by atoms with E-state index < -0.39 is 5.56 Å². The molecule has 0 bridgehead atoms. The van der Waals surface area contributed by atoms with Gasteiger partial charge in [-0.05, 0) is 50.7 Å². The Morgan fingerprint density at radius 1 is 0.889 bits per heavy atom. The SMILES string of the molecule is CNC(=O)COc1cc2cc(Nc3nc(N4CCC(C(=O)NCCCCCCCCC(=O)N5CCC(C(=O)Nc6ncc(SCc7ncc(C(C)(C)C)o7)s6)CC5)CC4)ncc3Cl)cc(OC)c2n(C)c1=O. The fourth-order valence-corrected chi connectivity index (χ4v) is 10.5. The largest absolute Gasteiger partial charge is 0.494 e. The number of aryl methyl sites for hydroxylation is 1. The van der Waals surface area contributed by atoms with Gasteiger partial charge in [-0.3, -0.25) is 24.0 Å². The number of hydrogen-bond acceptors (Lipinski definition) is 16. The average Bonchev–Trinajstić information content (AvgIpc) is 4.06. The number of piperidine rings is 2. The molecule has 4 aromatic heterocycles. The highest BCUT2D eigenvalue weighted by Gasteiger charge is 2.29. The van der Waals surface area contributed by atoms with Gasteiger partial charge in [-0.1, -0.05) is 69.4 Å². The minimum atomic E-state index is -0.412. The first-order chi connectivity index (χ1) is 34.6. The van der Waals surface area contributed by atoms with Crippen LogP contribution in [0.4, 0.5) is 22.6 Å². The van der Waals surface area contributed by atoms with Crippen LogP contribution in [0.5, 0.6) is 11.5 Å². The van der Waals surface area contributed by atoms with E-state index in [2.05, 4.69) is 57.0 Å². The Balaban J connectivity index is 0.743. The van der Waals surface area contributed by atoms with Crippen molar-refractivity contribution in [2.24, 2.45) is 18.9 Å². The molecule has 2 aliphatic heterocycles. The Bertz CT molecular complexity index is 2740. The summed E-state index contributed by atoms with van der Waals surface area (Å²) < 4.78 is 19.4. The zero-order valence-corrected chi connectivity index (χ0v) is 44.3. The first-order valence-electron chi connectivity index (χ1n) is 24.6. The molecule has 2 fully saturated rings. The number of thioether (sulfide) groups is 1. The van der Waals surface area contributed by atoms with Crippen LogP contribution in [0.3, 0.4) is 0 Å². The topological polar surface area (TPSA) is 228 Å². The third-order valence-corrected chi connectivity index (χ3v) is 15.3. The van der Waals surface area contributed by atoms with Crippen molar-refractivity contribution in [3.63, 3.8) is 0 Å². The van der Waals surface area contributed by atoms with E-state index in [1.807, 2.05) is 9.80 Å². The van der Waals surface area contributed by atoms with Crippen LogP contribution < -0.4 is 41.2 Å². The number of rotatable bonds is 22. The summed E-state index contributed by atoms with van der Waals surface area (Å²) in [6, 6.07) is 5.11. The normalized spacial score (nSPS) is 14.6. The maximum absolute atomic E-state index is 13.1. The van der Waals surface area contributed by atoms with Gasteiger partial charge in [0.2, 0.25) is 29.6 Å². The summed E-state index contributed by atoms with van der Waals surface area (Å²) >= 11 is 9.58. The standard InChI is InChI=1S/C50H66ClN11O8S2/c1-50(2,3)38-27-54-40(70-38)30-71-42-28-56-49(72-42)59-46(66)32-14-19-61(20-15-32)41(64)13-11-9-7-8-10-12-18-53-45(65)31-16-21-62(22-17-31)48-55-26-35(51)44(58-48)57-34-23-33-24-37(69-29-39(63)52-4)47(67)60(5)43(33)36(25-34)68-6/h23-28,31-32H,7-22,29-30H2,1-6H3,(H,52,63)(H,53,65)(H,55,57,58)(H,56,59,66). The van der Waals surface area contributed by atoms with Gasteiger partial charge >= 0.3 is 0 Å². The molecule has 5 aromatic rings. The van der Waals surface area contributed by atoms with Crippen LogP contribution in [0, 0.1) is 11.8 Å². The minimum absolute atomic E-state index is 0.0184. The number of aromatic nitrogens is 5. The lowest BCUT2D eigenvalue weighted by Crippen LogP contribution is -2.41. The smallest absolute Gasteiger partial charge is 0.293 e. The molecular weight excluding hydrogens is 982 g/mol. The molecule has 7 rings (SSSR count). The van der Waals surface area contributed by atoms with E-state index >= 15 is 0 Å². The van der Waals surface area contributed by atoms with Gasteiger partial charge in [0, 0.05) is 87.6 Å². The summed E-state index contributed by atoms with van der Waals surface area (Å²) in [6.45, 7) is 8.97. The van der Waals surface area contributed by atoms with Gasteiger partial charge in [0.1, 0.15) is 16.5 Å². The van der Waals surface area contributed by atoms with Gasteiger partial charge in [0.25, 0.3) is 11.5 Å². The molecule has 6 heterocycles. The molecule has 2 aliphatic rings. The average molecular weight is 1050 g/mol. The van der Waals surface area contributed by atoms with Gasteiger partial charge in [0.05, 0.1) is 41.2 Å². The van der Waals surface area contributed by atoms with Crippen LogP contribution in [0.1, 0.15) is 103 Å². The molecular formula is C50H66ClN11O8S2. The lowest BCUT2D eigenvalue weighted by atomic mass is 9.94. The molecule has 388 valence electrons. The Morgan fingerprint density at radius 3 is 2.31 bits per heavy atom. The van der Waals surface area contributed by atoms with Crippen LogP contribution in [0.15, 0.2) is 50.2 Å². The summed E-state index contributed by atoms with van der Waals surface area (Å²) in [7, 11) is 4.61. The van der Waals surface area contributed by atoms with E-state index in [1.165, 1.54) is 36.3 Å². The third kappa shape index (κ3) is 14.4. The Kier molecular flexibility index (Phi) is 18.8. The van der Waals surface area contributed by atoms with E-state index in [4.69, 9.17) is 30.5 Å². The van der Waals surface area contributed by atoms with Crippen molar-refractivity contribution in [3.8, 4) is 11.5 Å². The Labute approximate surface area is 433 Å². The number of anilines is 4. The van der Waals surface area contributed by atoms with Crippen molar-refractivity contribution in [2.75, 3.05) is 69.0 Å². The number of amides is 4. The number of likely N-dealkylation sites (tertiary alicyclic amines) is 1. The Hall–Kier alpha value is -5.93. The Morgan fingerprint density at radius 2 is 1.60 bits per heavy atom. The highest BCUT2D eigenvalue weighted by molar-refractivity contribution is 8.00. The molecule has 22 heteroatoms. The maximum atomic E-state index is 13.1. The number of likely N-dealkylation sites (N-methyl/N-ethyl adjacent to an activating group) is 1. The van der Waals surface area contributed by atoms with Gasteiger partial charge in [-0.25, -0.2) is 15.0 Å². The second-order valence-corrected chi connectivity index (χ2v) is 21.9. The van der Waals surface area contributed by atoms with Gasteiger partial charge in [-0.2, -0.15) is 4.98 Å². The van der Waals surface area contributed by atoms with Crippen molar-refractivity contribution < 1.29 is 33.1 Å². The van der Waals surface area contributed by atoms with Crippen LogP contribution in [0.2, 0.25) is 5.02 Å². The lowest BCUT2D eigenvalue weighted by molar-refractivity contribution is -0.134. The van der Waals surface area contributed by atoms with Crippen LogP contribution in [-0.2, 0) is 37.4 Å². The monoisotopic (exact) mass is 1050 g/mol. The quantitative estimate of drug-likeness (QED) is 0.0383. The predicted octanol–water partition coefficient (Wildman–Crippen LogP) is 7.83. The molecule has 0 radical (unpaired) electrons. The minimum Gasteiger partial charge on any atom is -0.494 e. The van der Waals surface area contributed by atoms with E-state index in [9.17, 15) is 24.0 Å². The number of methoxy groups -OCH3 is 1. The highest BCUT2D eigenvalue weighted by Crippen LogP contribution is 2.35. The first-order valence-corrected chi connectivity index (χ1v) is 26.8. The van der Waals surface area contributed by atoms with E-state index in [1.54, 1.807) is 49.4 Å². The summed E-state index contributed by atoms with van der Waals surface area (Å²) in [5, 5.41) is 13.4. The van der Waals surface area contributed by atoms with Gasteiger partial charge in [-0.15, -0.1) is 11.8 Å². The number of carbonyl (C=O) groups excluding carboxylic acids is 4. The molecule has 0 atom stereocenters. The first kappa shape index (κ1) is 53.9. The second-order valence-electron chi connectivity index (χ2n) is 19.2. The van der Waals surface area contributed by atoms with E-state index in [-0.39, 0.29) is 53.2 Å². The highest BCUT2D eigenvalue weighted by atomic mass is 35.5. The zero-order valence-electron chi connectivity index (χ0n) is 41.9. The fraction of sp³-hybridized carbons (Fsp3) is 0.540. The number of nitrogens with one attached hydrogen (secondary N) is 4. The maximum Gasteiger partial charge on any atom is 0.293 e. The number of benzene rings is 1. The number of hydrogen-bond donors (Lipinski definition) is 4. The van der Waals surface area contributed by atoms with Crippen LogP contribution in [-0.4, -0.2) is 107 Å². The molecule has 4 amide bonds. The van der Waals surface area contributed by atoms with Gasteiger partial charge in [0.15, 0.2) is 23.3 Å². The van der Waals surface area contributed by atoms with Crippen LogP contribution in [0.25, 0.3) is 10.9 Å². The number of halogens is 1. The zero-order chi connectivity index (χ0) is 51.4. The van der Waals surface area contributed by atoms with Crippen molar-refractivity contribution in [3.05, 3.63) is 63.8 Å². The number of carbonyl (C=O) groups is 4. The molecule has 0 spiro atoms. The van der Waals surface area contributed by atoms with Crippen LogP contribution >= 0.6 is 34.7 Å². The molecule has 0 aliphatic carbocycles. The van der Waals surface area contributed by atoms with Crippen molar-refractivity contribution in [1.29, 1.82) is 0 Å². The van der Waals surface area contributed by atoms with Crippen molar-refractivity contribution >= 4 is 91.8 Å².